The molecule has 0 spiro atoms. The number of hydrogen-bond donors (Lipinski definition) is 0. The van der Waals surface area contributed by atoms with Crippen molar-refractivity contribution in [1.29, 1.82) is 0 Å². The second-order valence-corrected chi connectivity index (χ2v) is 6.24. The van der Waals surface area contributed by atoms with Gasteiger partial charge in [0.15, 0.2) is 0 Å². The molecule has 0 heterocycles. The molecule has 0 aliphatic heterocycles. The third kappa shape index (κ3) is 12.9. The molecular weight excluding hydrogens is 290 g/mol. The van der Waals surface area contributed by atoms with E-state index in [0.29, 0.717) is 0 Å². The molecule has 1 unspecified atom stereocenters. The molecule has 0 bridgehead atoms. The van der Waals surface area contributed by atoms with Crippen molar-refractivity contribution in [1.82, 2.24) is 4.90 Å². The molecule has 0 rings (SSSR count). The average Bonchev–Trinajstić information content (AvgIpc) is 2.58. The van der Waals surface area contributed by atoms with E-state index in [1.165, 1.54) is 44.9 Å². The fraction of sp³-hybridized carbons (Fsp3) is 1.00. The summed E-state index contributed by atoms with van der Waals surface area (Å²) in [6.45, 7) is 9.56. The molecule has 0 aromatic rings. The lowest BCUT2D eigenvalue weighted by Crippen LogP contribution is -2.28. The largest absolute Gasteiger partial charge is 0.333 e. The number of methoxy groups -OCH3 is 2. The van der Waals surface area contributed by atoms with Crippen molar-refractivity contribution in [3.05, 3.63) is 0 Å². The number of ether oxygens (including phenoxy) is 3. The summed E-state index contributed by atoms with van der Waals surface area (Å²) in [5.41, 5.74) is 0. The first-order valence-corrected chi connectivity index (χ1v) is 9.65. The van der Waals surface area contributed by atoms with Gasteiger partial charge in [-0.2, -0.15) is 0 Å². The number of nitrogens with zero attached hydrogens (tertiary/aromatic N) is 1. The molecule has 0 N–H and O–H groups in total. The Morgan fingerprint density at radius 2 is 1.30 bits per heavy atom. The highest BCUT2D eigenvalue weighted by Gasteiger charge is 2.16. The lowest BCUT2D eigenvalue weighted by Gasteiger charge is -2.24. The van der Waals surface area contributed by atoms with Crippen molar-refractivity contribution in [2.45, 2.75) is 91.1 Å². The van der Waals surface area contributed by atoms with Crippen molar-refractivity contribution in [3.63, 3.8) is 0 Å². The summed E-state index contributed by atoms with van der Waals surface area (Å²) in [6.07, 6.45) is 11.5. The van der Waals surface area contributed by atoms with E-state index in [1.807, 2.05) is 0 Å². The van der Waals surface area contributed by atoms with Crippen LogP contribution in [0, 0.1) is 0 Å². The van der Waals surface area contributed by atoms with E-state index < -0.39 is 6.48 Å². The maximum atomic E-state index is 5.96. The molecule has 23 heavy (non-hydrogen) atoms. The van der Waals surface area contributed by atoms with Gasteiger partial charge in [0.25, 0.3) is 6.48 Å². The van der Waals surface area contributed by atoms with Gasteiger partial charge in [-0.3, -0.25) is 0 Å². The van der Waals surface area contributed by atoms with E-state index in [2.05, 4.69) is 25.7 Å². The van der Waals surface area contributed by atoms with E-state index in [-0.39, 0.29) is 6.10 Å². The summed E-state index contributed by atoms with van der Waals surface area (Å²) >= 11 is 0. The van der Waals surface area contributed by atoms with E-state index >= 15 is 0 Å². The molecule has 4 heteroatoms. The normalized spacial score (nSPS) is 13.2. The third-order valence-electron chi connectivity index (χ3n) is 4.46. The monoisotopic (exact) mass is 331 g/mol. The van der Waals surface area contributed by atoms with Crippen LogP contribution in [0.25, 0.3) is 0 Å². The minimum atomic E-state index is -0.534. The Morgan fingerprint density at radius 3 is 1.87 bits per heavy atom. The Balaban J connectivity index is 4.07. The zero-order valence-electron chi connectivity index (χ0n) is 16.3. The van der Waals surface area contributed by atoms with Gasteiger partial charge in [0.05, 0.1) is 6.10 Å². The smallest absolute Gasteiger partial charge is 0.271 e. The second-order valence-electron chi connectivity index (χ2n) is 6.24. The highest BCUT2D eigenvalue weighted by Crippen LogP contribution is 2.16. The van der Waals surface area contributed by atoms with Crippen LogP contribution in [0.2, 0.25) is 0 Å². The molecule has 0 aromatic carbocycles. The molecule has 140 valence electrons. The van der Waals surface area contributed by atoms with Crippen molar-refractivity contribution in [2.24, 2.45) is 0 Å². The Kier molecular flexibility index (Phi) is 16.6. The molecule has 0 saturated heterocycles. The zero-order chi connectivity index (χ0) is 17.3. The van der Waals surface area contributed by atoms with Crippen molar-refractivity contribution < 1.29 is 14.2 Å². The predicted octanol–water partition coefficient (Wildman–Crippen LogP) is 4.82. The first kappa shape index (κ1) is 22.8. The van der Waals surface area contributed by atoms with Gasteiger partial charge in [-0.05, 0) is 38.9 Å². The van der Waals surface area contributed by atoms with Crippen LogP contribution in [0.4, 0.5) is 0 Å². The standard InChI is InChI=1S/C19H41NO3/c1-6-9-10-11-12-13-15-18(23-19(21-4)22-5)16-14-17-20(7-2)8-3/h18-19H,6-17H2,1-5H3. The van der Waals surface area contributed by atoms with Crippen LogP contribution in [0.5, 0.6) is 0 Å². The Labute approximate surface area is 144 Å². The topological polar surface area (TPSA) is 30.9 Å². The molecule has 0 aromatic heterocycles. The van der Waals surface area contributed by atoms with E-state index in [0.717, 1.165) is 32.5 Å². The Bertz CT molecular complexity index is 231. The quantitative estimate of drug-likeness (QED) is 0.282. The molecule has 0 amide bonds. The van der Waals surface area contributed by atoms with Crippen LogP contribution in [-0.4, -0.2) is 51.3 Å². The van der Waals surface area contributed by atoms with Gasteiger partial charge in [0.1, 0.15) is 0 Å². The van der Waals surface area contributed by atoms with E-state index in [4.69, 9.17) is 14.2 Å². The molecule has 4 nitrogen and oxygen atoms in total. The van der Waals surface area contributed by atoms with Crippen molar-refractivity contribution in [2.75, 3.05) is 33.9 Å². The molecular formula is C19H41NO3. The first-order chi connectivity index (χ1) is 11.2. The maximum absolute atomic E-state index is 5.96. The highest BCUT2D eigenvalue weighted by atomic mass is 16.8. The fourth-order valence-electron chi connectivity index (χ4n) is 2.88. The maximum Gasteiger partial charge on any atom is 0.271 e. The Morgan fingerprint density at radius 1 is 0.739 bits per heavy atom. The summed E-state index contributed by atoms with van der Waals surface area (Å²) in [7, 11) is 3.26. The lowest BCUT2D eigenvalue weighted by atomic mass is 10.0. The molecule has 0 fully saturated rings. The second kappa shape index (κ2) is 16.7. The van der Waals surface area contributed by atoms with Gasteiger partial charge in [-0.25, -0.2) is 0 Å². The number of rotatable bonds is 17. The lowest BCUT2D eigenvalue weighted by molar-refractivity contribution is -0.285. The number of unbranched alkanes of at least 4 members (excludes halogenated alkanes) is 5. The van der Waals surface area contributed by atoms with Crippen LogP contribution in [0.3, 0.4) is 0 Å². The Hall–Kier alpha value is -0.160. The van der Waals surface area contributed by atoms with Crippen LogP contribution in [-0.2, 0) is 14.2 Å². The fourth-order valence-corrected chi connectivity index (χ4v) is 2.88. The summed E-state index contributed by atoms with van der Waals surface area (Å²) in [6, 6.07) is 0. The molecule has 0 saturated carbocycles. The first-order valence-electron chi connectivity index (χ1n) is 9.65. The summed E-state index contributed by atoms with van der Waals surface area (Å²) < 4.78 is 16.4. The van der Waals surface area contributed by atoms with Crippen LogP contribution in [0.1, 0.15) is 78.6 Å². The SMILES string of the molecule is CCCCCCCCC(CCCN(CC)CC)OC(OC)OC. The van der Waals surface area contributed by atoms with E-state index in [9.17, 15) is 0 Å². The third-order valence-corrected chi connectivity index (χ3v) is 4.46. The zero-order valence-corrected chi connectivity index (χ0v) is 16.3. The highest BCUT2D eigenvalue weighted by molar-refractivity contribution is 4.62. The van der Waals surface area contributed by atoms with Crippen LogP contribution < -0.4 is 0 Å². The minimum Gasteiger partial charge on any atom is -0.333 e. The van der Waals surface area contributed by atoms with Gasteiger partial charge in [0, 0.05) is 14.2 Å². The summed E-state index contributed by atoms with van der Waals surface area (Å²) in [4.78, 5) is 2.46. The molecule has 0 radical (unpaired) electrons. The van der Waals surface area contributed by atoms with Crippen LogP contribution >= 0.6 is 0 Å². The summed E-state index contributed by atoms with van der Waals surface area (Å²) in [5.74, 6) is 0. The van der Waals surface area contributed by atoms with Crippen molar-refractivity contribution in [3.8, 4) is 0 Å². The van der Waals surface area contributed by atoms with Gasteiger partial charge in [0.2, 0.25) is 0 Å². The van der Waals surface area contributed by atoms with Crippen molar-refractivity contribution >= 4 is 0 Å². The van der Waals surface area contributed by atoms with Crippen LogP contribution in [0.15, 0.2) is 0 Å². The average molecular weight is 332 g/mol. The molecule has 0 aliphatic carbocycles. The van der Waals surface area contributed by atoms with Gasteiger partial charge in [-0.1, -0.05) is 59.3 Å². The molecule has 1 atom stereocenters. The minimum absolute atomic E-state index is 0.238. The summed E-state index contributed by atoms with van der Waals surface area (Å²) in [5, 5.41) is 0. The molecule has 0 aliphatic rings. The van der Waals surface area contributed by atoms with Gasteiger partial charge < -0.3 is 19.1 Å². The van der Waals surface area contributed by atoms with Gasteiger partial charge >= 0.3 is 0 Å². The number of hydrogen-bond acceptors (Lipinski definition) is 4. The predicted molar refractivity (Wildman–Crippen MR) is 97.7 cm³/mol. The van der Waals surface area contributed by atoms with E-state index in [1.54, 1.807) is 14.2 Å². The van der Waals surface area contributed by atoms with Gasteiger partial charge in [-0.15, -0.1) is 0 Å².